The number of carbonyl (C=O) groups is 2. The molecule has 0 bridgehead atoms. The third kappa shape index (κ3) is 4.67. The van der Waals surface area contributed by atoms with Crippen LogP contribution in [0.4, 0.5) is 10.5 Å². The zero-order chi connectivity index (χ0) is 17.0. The molecule has 2 aromatic heterocycles. The van der Waals surface area contributed by atoms with Crippen molar-refractivity contribution in [3.8, 4) is 10.6 Å². The van der Waals surface area contributed by atoms with Gasteiger partial charge in [-0.05, 0) is 24.3 Å². The van der Waals surface area contributed by atoms with E-state index in [0.29, 0.717) is 10.0 Å². The van der Waals surface area contributed by atoms with Crippen LogP contribution in [0.5, 0.6) is 0 Å². The summed E-state index contributed by atoms with van der Waals surface area (Å²) in [5.74, 6) is -1.57. The number of rotatable bonds is 5. The highest BCUT2D eigenvalue weighted by molar-refractivity contribution is 7.19. The number of halogens is 1. The van der Waals surface area contributed by atoms with Gasteiger partial charge in [-0.1, -0.05) is 18.5 Å². The van der Waals surface area contributed by atoms with Gasteiger partial charge in [0.05, 0.1) is 32.7 Å². The molecule has 122 valence electrons. The van der Waals surface area contributed by atoms with E-state index in [-0.39, 0.29) is 12.6 Å². The number of hydrogen-bond donors (Lipinski definition) is 2. The van der Waals surface area contributed by atoms with E-state index >= 15 is 0 Å². The number of urea groups is 1. The Morgan fingerprint density at radius 2 is 2.13 bits per heavy atom. The van der Waals surface area contributed by atoms with Crippen LogP contribution in [-0.2, 0) is 4.79 Å². The van der Waals surface area contributed by atoms with E-state index < -0.39 is 11.9 Å². The van der Waals surface area contributed by atoms with E-state index in [1.54, 1.807) is 38.4 Å². The minimum absolute atomic E-state index is 0.125. The zero-order valence-corrected chi connectivity index (χ0v) is 14.2. The zero-order valence-electron chi connectivity index (χ0n) is 12.6. The summed E-state index contributed by atoms with van der Waals surface area (Å²) in [4.78, 5) is 29.4. The monoisotopic (exact) mass is 353 g/mol. The van der Waals surface area contributed by atoms with Crippen molar-refractivity contribution < 1.29 is 14.7 Å². The van der Waals surface area contributed by atoms with Crippen molar-refractivity contribution in [3.05, 3.63) is 34.8 Å². The lowest BCUT2D eigenvalue weighted by Gasteiger charge is -2.19. The fourth-order valence-corrected chi connectivity index (χ4v) is 2.88. The topological polar surface area (TPSA) is 82.5 Å². The minimum Gasteiger partial charge on any atom is -0.481 e. The number of carbonyl (C=O) groups excluding carboxylic acids is 1. The fourth-order valence-electron chi connectivity index (χ4n) is 1.86. The summed E-state index contributed by atoms with van der Waals surface area (Å²) in [5.41, 5.74) is 1.31. The molecule has 2 rings (SSSR count). The van der Waals surface area contributed by atoms with E-state index in [4.69, 9.17) is 16.7 Å². The second kappa shape index (κ2) is 7.43. The number of hydrogen-bond acceptors (Lipinski definition) is 4. The number of nitrogens with zero attached hydrogens (tertiary/aromatic N) is 2. The van der Waals surface area contributed by atoms with Crippen molar-refractivity contribution >= 4 is 40.6 Å². The van der Waals surface area contributed by atoms with Gasteiger partial charge >= 0.3 is 12.0 Å². The summed E-state index contributed by atoms with van der Waals surface area (Å²) < 4.78 is 0.688. The molecule has 0 aliphatic heterocycles. The molecule has 0 saturated carbocycles. The van der Waals surface area contributed by atoms with Crippen LogP contribution in [0.25, 0.3) is 10.6 Å². The summed E-state index contributed by atoms with van der Waals surface area (Å²) in [5, 5.41) is 11.5. The maximum absolute atomic E-state index is 12.0. The molecule has 2 N–H and O–H groups in total. The van der Waals surface area contributed by atoms with E-state index in [1.807, 2.05) is 6.07 Å². The number of nitrogens with one attached hydrogen (secondary N) is 1. The van der Waals surface area contributed by atoms with Gasteiger partial charge in [-0.25, -0.2) is 4.79 Å². The Morgan fingerprint density at radius 1 is 1.39 bits per heavy atom. The number of pyridine rings is 1. The largest absolute Gasteiger partial charge is 0.481 e. The van der Waals surface area contributed by atoms with Gasteiger partial charge in [0.1, 0.15) is 0 Å². The van der Waals surface area contributed by atoms with Gasteiger partial charge in [0, 0.05) is 13.6 Å². The lowest BCUT2D eigenvalue weighted by molar-refractivity contribution is -0.141. The quantitative estimate of drug-likeness (QED) is 0.859. The molecule has 0 saturated heterocycles. The lowest BCUT2D eigenvalue weighted by atomic mass is 10.2. The predicted molar refractivity (Wildman–Crippen MR) is 91.0 cm³/mol. The van der Waals surface area contributed by atoms with Crippen LogP contribution in [0.15, 0.2) is 30.5 Å². The predicted octanol–water partition coefficient (Wildman–Crippen LogP) is 3.65. The molecule has 0 radical (unpaired) electrons. The Morgan fingerprint density at radius 3 is 2.65 bits per heavy atom. The third-order valence-corrected chi connectivity index (χ3v) is 4.41. The van der Waals surface area contributed by atoms with Gasteiger partial charge in [0.25, 0.3) is 0 Å². The summed E-state index contributed by atoms with van der Waals surface area (Å²) in [6, 6.07) is 6.83. The lowest BCUT2D eigenvalue weighted by Crippen LogP contribution is -2.36. The van der Waals surface area contributed by atoms with Gasteiger partial charge in [-0.15, -0.1) is 11.3 Å². The first-order valence-electron chi connectivity index (χ1n) is 6.83. The maximum atomic E-state index is 12.0. The van der Waals surface area contributed by atoms with E-state index in [0.717, 1.165) is 10.6 Å². The second-order valence-electron chi connectivity index (χ2n) is 5.09. The molecule has 2 aromatic rings. The van der Waals surface area contributed by atoms with Crippen molar-refractivity contribution in [1.29, 1.82) is 0 Å². The molecule has 0 spiro atoms. The number of thiophene rings is 1. The molecule has 8 heteroatoms. The molecule has 1 atom stereocenters. The molecule has 0 aliphatic rings. The van der Waals surface area contributed by atoms with E-state index in [2.05, 4.69) is 10.3 Å². The summed E-state index contributed by atoms with van der Waals surface area (Å²) in [7, 11) is 1.55. The molecule has 23 heavy (non-hydrogen) atoms. The first-order valence-corrected chi connectivity index (χ1v) is 8.03. The van der Waals surface area contributed by atoms with Crippen LogP contribution >= 0.6 is 22.9 Å². The number of carboxylic acids is 1. The van der Waals surface area contributed by atoms with Crippen molar-refractivity contribution in [2.75, 3.05) is 18.9 Å². The number of aromatic nitrogens is 1. The molecule has 0 fully saturated rings. The van der Waals surface area contributed by atoms with Crippen LogP contribution in [-0.4, -0.2) is 40.6 Å². The number of amides is 2. The highest BCUT2D eigenvalue weighted by Crippen LogP contribution is 2.29. The standard InChI is InChI=1S/C15H16ClN3O3S/c1-9(14(20)21)8-19(2)15(22)18-10-3-4-11(17-7-10)12-5-6-13(16)23-12/h3-7,9H,8H2,1-2H3,(H,18,22)(H,20,21). The van der Waals surface area contributed by atoms with Crippen LogP contribution in [0.1, 0.15) is 6.92 Å². The second-order valence-corrected chi connectivity index (χ2v) is 6.80. The molecule has 2 amide bonds. The molecule has 2 heterocycles. The van der Waals surface area contributed by atoms with Crippen LogP contribution in [0.3, 0.4) is 0 Å². The SMILES string of the molecule is CC(CN(C)C(=O)Nc1ccc(-c2ccc(Cl)s2)nc1)C(=O)O. The average molecular weight is 354 g/mol. The number of anilines is 1. The Bertz CT molecular complexity index is 702. The van der Waals surface area contributed by atoms with Crippen LogP contribution in [0.2, 0.25) is 4.34 Å². The normalized spacial score (nSPS) is 11.8. The van der Waals surface area contributed by atoms with Gasteiger partial charge in [-0.2, -0.15) is 0 Å². The molecular weight excluding hydrogens is 338 g/mol. The van der Waals surface area contributed by atoms with Gasteiger partial charge < -0.3 is 15.3 Å². The Hall–Kier alpha value is -2.12. The van der Waals surface area contributed by atoms with Gasteiger partial charge in [0.15, 0.2) is 0 Å². The third-order valence-electron chi connectivity index (χ3n) is 3.16. The molecule has 6 nitrogen and oxygen atoms in total. The first-order chi connectivity index (χ1) is 10.9. The number of aliphatic carboxylic acids is 1. The average Bonchev–Trinajstić information content (AvgIpc) is 2.94. The smallest absolute Gasteiger partial charge is 0.321 e. The molecule has 0 aromatic carbocycles. The summed E-state index contributed by atoms with van der Waals surface area (Å²) in [6.07, 6.45) is 1.55. The van der Waals surface area contributed by atoms with Crippen molar-refractivity contribution in [1.82, 2.24) is 9.88 Å². The van der Waals surface area contributed by atoms with E-state index in [1.165, 1.54) is 16.2 Å². The highest BCUT2D eigenvalue weighted by atomic mass is 35.5. The highest BCUT2D eigenvalue weighted by Gasteiger charge is 2.17. The Kier molecular flexibility index (Phi) is 5.57. The Balaban J connectivity index is 1.97. The van der Waals surface area contributed by atoms with Crippen molar-refractivity contribution in [3.63, 3.8) is 0 Å². The number of carboxylic acid groups (broad SMARTS) is 1. The summed E-state index contributed by atoms with van der Waals surface area (Å²) in [6.45, 7) is 1.68. The molecular formula is C15H16ClN3O3S. The van der Waals surface area contributed by atoms with Crippen molar-refractivity contribution in [2.45, 2.75) is 6.92 Å². The molecule has 1 unspecified atom stereocenters. The Labute approximate surface area is 142 Å². The minimum atomic E-state index is -0.940. The maximum Gasteiger partial charge on any atom is 0.321 e. The first kappa shape index (κ1) is 17.2. The van der Waals surface area contributed by atoms with Gasteiger partial charge in [0.2, 0.25) is 0 Å². The van der Waals surface area contributed by atoms with Crippen LogP contribution in [0, 0.1) is 5.92 Å². The van der Waals surface area contributed by atoms with Crippen molar-refractivity contribution in [2.24, 2.45) is 5.92 Å². The summed E-state index contributed by atoms with van der Waals surface area (Å²) >= 11 is 7.32. The van der Waals surface area contributed by atoms with E-state index in [9.17, 15) is 9.59 Å². The van der Waals surface area contributed by atoms with Crippen LogP contribution < -0.4 is 5.32 Å². The molecule has 0 aliphatic carbocycles. The fraction of sp³-hybridized carbons (Fsp3) is 0.267. The van der Waals surface area contributed by atoms with Gasteiger partial charge in [-0.3, -0.25) is 9.78 Å².